The molecular formula is C19H25N3O3. The molecule has 0 spiro atoms. The SMILES string of the molecule is CC(C1CC1)N(CCC#N)CC(=O)Nc1ccc2c(c1)OCCCO2. The Hall–Kier alpha value is -2.26. The zero-order valence-electron chi connectivity index (χ0n) is 14.7. The number of fused-ring (bicyclic) bond motifs is 1. The second kappa shape index (κ2) is 8.21. The molecule has 6 nitrogen and oxygen atoms in total. The van der Waals surface area contributed by atoms with Crippen molar-refractivity contribution in [2.24, 2.45) is 5.92 Å². The minimum atomic E-state index is -0.0695. The summed E-state index contributed by atoms with van der Waals surface area (Å²) in [6.45, 7) is 4.34. The van der Waals surface area contributed by atoms with E-state index >= 15 is 0 Å². The second-order valence-corrected chi connectivity index (χ2v) is 6.72. The van der Waals surface area contributed by atoms with Gasteiger partial charge in [-0.1, -0.05) is 0 Å². The normalized spacial score (nSPS) is 17.5. The molecule has 0 saturated heterocycles. The Morgan fingerprint density at radius 1 is 1.36 bits per heavy atom. The maximum absolute atomic E-state index is 12.5. The molecule has 3 rings (SSSR count). The van der Waals surface area contributed by atoms with E-state index in [9.17, 15) is 4.79 Å². The lowest BCUT2D eigenvalue weighted by molar-refractivity contribution is -0.117. The van der Waals surface area contributed by atoms with E-state index in [1.54, 1.807) is 0 Å². The summed E-state index contributed by atoms with van der Waals surface area (Å²) in [5.74, 6) is 1.97. The number of rotatable bonds is 7. The first-order chi connectivity index (χ1) is 12.2. The van der Waals surface area contributed by atoms with Gasteiger partial charge in [0.15, 0.2) is 11.5 Å². The fourth-order valence-electron chi connectivity index (χ4n) is 3.12. The van der Waals surface area contributed by atoms with E-state index in [4.69, 9.17) is 14.7 Å². The number of carbonyl (C=O) groups is 1. The van der Waals surface area contributed by atoms with Gasteiger partial charge in [0.1, 0.15) is 0 Å². The Morgan fingerprint density at radius 3 is 2.84 bits per heavy atom. The van der Waals surface area contributed by atoms with Gasteiger partial charge in [0.2, 0.25) is 5.91 Å². The Kier molecular flexibility index (Phi) is 5.77. The first-order valence-corrected chi connectivity index (χ1v) is 8.98. The molecule has 1 saturated carbocycles. The predicted molar refractivity (Wildman–Crippen MR) is 94.7 cm³/mol. The summed E-state index contributed by atoms with van der Waals surface area (Å²) in [7, 11) is 0. The van der Waals surface area contributed by atoms with Crippen molar-refractivity contribution in [2.75, 3.05) is 31.6 Å². The van der Waals surface area contributed by atoms with Crippen LogP contribution in [0.5, 0.6) is 11.5 Å². The lowest BCUT2D eigenvalue weighted by Gasteiger charge is -2.27. The van der Waals surface area contributed by atoms with E-state index in [0.717, 1.165) is 6.42 Å². The molecule has 1 amide bonds. The molecule has 1 N–H and O–H groups in total. The van der Waals surface area contributed by atoms with Crippen LogP contribution in [0.3, 0.4) is 0 Å². The standard InChI is InChI=1S/C19H25N3O3/c1-14(15-4-5-15)22(9-2-8-20)13-19(23)21-16-6-7-17-18(12-16)25-11-3-10-24-17/h6-7,12,14-15H,2-5,9-11,13H2,1H3,(H,21,23). The van der Waals surface area contributed by atoms with E-state index in [0.29, 0.717) is 61.9 Å². The monoisotopic (exact) mass is 343 g/mol. The Bertz CT molecular complexity index is 652. The summed E-state index contributed by atoms with van der Waals surface area (Å²) < 4.78 is 11.3. The number of nitrogens with zero attached hydrogens (tertiary/aromatic N) is 2. The van der Waals surface area contributed by atoms with Gasteiger partial charge in [-0.2, -0.15) is 5.26 Å². The largest absolute Gasteiger partial charge is 0.490 e. The van der Waals surface area contributed by atoms with Crippen molar-refractivity contribution in [2.45, 2.75) is 38.6 Å². The van der Waals surface area contributed by atoms with Crippen LogP contribution in [0, 0.1) is 17.2 Å². The van der Waals surface area contributed by atoms with Gasteiger partial charge in [-0.05, 0) is 37.8 Å². The molecule has 1 unspecified atom stereocenters. The lowest BCUT2D eigenvalue weighted by Crippen LogP contribution is -2.41. The molecule has 0 aromatic heterocycles. The number of nitrogens with one attached hydrogen (secondary N) is 1. The average Bonchev–Trinajstić information content (AvgIpc) is 3.44. The van der Waals surface area contributed by atoms with Crippen molar-refractivity contribution >= 4 is 11.6 Å². The number of hydrogen-bond donors (Lipinski definition) is 1. The molecule has 1 aliphatic carbocycles. The predicted octanol–water partition coefficient (Wildman–Crippen LogP) is 2.80. The third kappa shape index (κ3) is 4.86. The highest BCUT2D eigenvalue weighted by atomic mass is 16.5. The quantitative estimate of drug-likeness (QED) is 0.824. The van der Waals surface area contributed by atoms with Crippen molar-refractivity contribution in [1.29, 1.82) is 5.26 Å². The van der Waals surface area contributed by atoms with Gasteiger partial charge >= 0.3 is 0 Å². The highest BCUT2D eigenvalue weighted by Gasteiger charge is 2.32. The van der Waals surface area contributed by atoms with Crippen LogP contribution in [0.15, 0.2) is 18.2 Å². The van der Waals surface area contributed by atoms with Crippen LogP contribution in [0.2, 0.25) is 0 Å². The molecule has 1 aromatic carbocycles. The van der Waals surface area contributed by atoms with Gasteiger partial charge in [-0.25, -0.2) is 0 Å². The number of nitriles is 1. The average molecular weight is 343 g/mol. The Morgan fingerprint density at radius 2 is 2.12 bits per heavy atom. The number of carbonyl (C=O) groups excluding carboxylic acids is 1. The van der Waals surface area contributed by atoms with Crippen molar-refractivity contribution < 1.29 is 14.3 Å². The first kappa shape index (κ1) is 17.6. The van der Waals surface area contributed by atoms with Crippen molar-refractivity contribution in [3.63, 3.8) is 0 Å². The highest BCUT2D eigenvalue weighted by Crippen LogP contribution is 2.35. The molecule has 134 valence electrons. The molecule has 1 atom stereocenters. The summed E-state index contributed by atoms with van der Waals surface area (Å²) in [6, 6.07) is 7.97. The molecule has 1 aliphatic heterocycles. The fraction of sp³-hybridized carbons (Fsp3) is 0.579. The van der Waals surface area contributed by atoms with Gasteiger partial charge in [-0.15, -0.1) is 0 Å². The second-order valence-electron chi connectivity index (χ2n) is 6.72. The molecule has 1 fully saturated rings. The number of anilines is 1. The minimum absolute atomic E-state index is 0.0695. The third-order valence-electron chi connectivity index (χ3n) is 4.77. The summed E-state index contributed by atoms with van der Waals surface area (Å²) in [5, 5.41) is 11.8. The van der Waals surface area contributed by atoms with E-state index in [1.165, 1.54) is 12.8 Å². The van der Waals surface area contributed by atoms with Crippen LogP contribution in [0.4, 0.5) is 5.69 Å². The number of benzene rings is 1. The topological polar surface area (TPSA) is 74.6 Å². The summed E-state index contributed by atoms with van der Waals surface area (Å²) in [6.07, 6.45) is 3.72. The third-order valence-corrected chi connectivity index (χ3v) is 4.77. The first-order valence-electron chi connectivity index (χ1n) is 8.98. The van der Waals surface area contributed by atoms with Crippen molar-refractivity contribution in [3.8, 4) is 17.6 Å². The van der Waals surface area contributed by atoms with E-state index in [2.05, 4.69) is 23.2 Å². The molecule has 0 radical (unpaired) electrons. The summed E-state index contributed by atoms with van der Waals surface area (Å²) >= 11 is 0. The molecule has 6 heteroatoms. The maximum Gasteiger partial charge on any atom is 0.238 e. The zero-order valence-corrected chi connectivity index (χ0v) is 14.7. The molecular weight excluding hydrogens is 318 g/mol. The maximum atomic E-state index is 12.5. The van der Waals surface area contributed by atoms with Crippen LogP contribution in [-0.2, 0) is 4.79 Å². The number of hydrogen-bond acceptors (Lipinski definition) is 5. The van der Waals surface area contributed by atoms with Crippen LogP contribution < -0.4 is 14.8 Å². The van der Waals surface area contributed by atoms with Gasteiger partial charge in [0.05, 0.1) is 25.8 Å². The van der Waals surface area contributed by atoms with Gasteiger partial charge in [0, 0.05) is 37.2 Å². The van der Waals surface area contributed by atoms with Gasteiger partial charge in [0.25, 0.3) is 0 Å². The zero-order chi connectivity index (χ0) is 17.6. The summed E-state index contributed by atoms with van der Waals surface area (Å²) in [5.41, 5.74) is 0.702. The lowest BCUT2D eigenvalue weighted by atomic mass is 10.1. The van der Waals surface area contributed by atoms with Crippen LogP contribution >= 0.6 is 0 Å². The van der Waals surface area contributed by atoms with Gasteiger partial charge < -0.3 is 14.8 Å². The Labute approximate surface area is 148 Å². The molecule has 0 bridgehead atoms. The number of ether oxygens (including phenoxy) is 2. The summed E-state index contributed by atoms with van der Waals surface area (Å²) in [4.78, 5) is 14.6. The van der Waals surface area contributed by atoms with Crippen molar-refractivity contribution in [3.05, 3.63) is 18.2 Å². The van der Waals surface area contributed by atoms with E-state index < -0.39 is 0 Å². The number of amides is 1. The molecule has 1 heterocycles. The molecule has 1 aromatic rings. The highest BCUT2D eigenvalue weighted by molar-refractivity contribution is 5.92. The molecule has 2 aliphatic rings. The molecule has 25 heavy (non-hydrogen) atoms. The van der Waals surface area contributed by atoms with E-state index in [1.807, 2.05) is 18.2 Å². The van der Waals surface area contributed by atoms with Crippen LogP contribution in [-0.4, -0.2) is 43.2 Å². The minimum Gasteiger partial charge on any atom is -0.490 e. The van der Waals surface area contributed by atoms with Crippen molar-refractivity contribution in [1.82, 2.24) is 4.90 Å². The Balaban J connectivity index is 1.60. The van der Waals surface area contributed by atoms with Gasteiger partial charge in [-0.3, -0.25) is 9.69 Å². The van der Waals surface area contributed by atoms with E-state index in [-0.39, 0.29) is 5.91 Å². The fourth-order valence-corrected chi connectivity index (χ4v) is 3.12. The van der Waals surface area contributed by atoms with Crippen LogP contribution in [0.25, 0.3) is 0 Å². The van der Waals surface area contributed by atoms with Crippen LogP contribution in [0.1, 0.15) is 32.6 Å². The smallest absolute Gasteiger partial charge is 0.238 e.